The van der Waals surface area contributed by atoms with E-state index >= 15 is 0 Å². The van der Waals surface area contributed by atoms with E-state index in [0.717, 1.165) is 12.8 Å². The quantitative estimate of drug-likeness (QED) is 0.280. The molecule has 0 aromatic heterocycles. The summed E-state index contributed by atoms with van der Waals surface area (Å²) < 4.78 is 0. The van der Waals surface area contributed by atoms with Crippen LogP contribution in [0.5, 0.6) is 0 Å². The van der Waals surface area contributed by atoms with Crippen molar-refractivity contribution in [2.75, 3.05) is 0 Å². The molecule has 1 radical (unpaired) electrons. The molecule has 0 N–H and O–H groups in total. The fourth-order valence-corrected chi connectivity index (χ4v) is 12.5. The molecule has 0 spiro atoms. The summed E-state index contributed by atoms with van der Waals surface area (Å²) in [4.78, 5) is 0. The van der Waals surface area contributed by atoms with Gasteiger partial charge in [0, 0.05) is 5.04 Å². The Hall–Kier alpha value is -2.64. The number of hydrogen-bond donors (Lipinski definition) is 0. The maximum absolute atomic E-state index is 4.09. The minimum atomic E-state index is -2.62. The standard InChI is InChI=1S/C33H39Si/c1-9-28-19-29(10-2)21-31(20-28)34(30-16-12-11-13-17-30,32-18-14-15-23(3)26(32)6)33(8)22-24(4)25(5)27(33)7/h11-21H,9-10H2,1-8H3. The molecule has 2 atom stereocenters. The first-order valence-corrected chi connectivity index (χ1v) is 14.8. The van der Waals surface area contributed by atoms with Crippen LogP contribution in [0.3, 0.4) is 0 Å². The monoisotopic (exact) mass is 463 g/mol. The third-order valence-electron chi connectivity index (χ3n) is 8.58. The average Bonchev–Trinajstić information content (AvgIpc) is 3.05. The van der Waals surface area contributed by atoms with E-state index in [1.807, 2.05) is 0 Å². The van der Waals surface area contributed by atoms with E-state index in [9.17, 15) is 0 Å². The number of benzene rings is 3. The number of aryl methyl sites for hydroxylation is 3. The van der Waals surface area contributed by atoms with E-state index in [2.05, 4.69) is 128 Å². The first-order chi connectivity index (χ1) is 16.2. The molecule has 0 amide bonds. The SMILES string of the molecule is CCc1cc(CC)cc([Si](c2ccccc2)(c2cccc(C)c2C)C2(C)[C]=C(C)C(C)=C2C)c1. The van der Waals surface area contributed by atoms with Crippen molar-refractivity contribution in [3.8, 4) is 0 Å². The van der Waals surface area contributed by atoms with Crippen molar-refractivity contribution < 1.29 is 0 Å². The van der Waals surface area contributed by atoms with Crippen LogP contribution in [0.4, 0.5) is 0 Å². The van der Waals surface area contributed by atoms with Gasteiger partial charge >= 0.3 is 0 Å². The smallest absolute Gasteiger partial charge is 0.0624 e. The van der Waals surface area contributed by atoms with Gasteiger partial charge in [-0.3, -0.25) is 0 Å². The summed E-state index contributed by atoms with van der Waals surface area (Å²) in [7, 11) is -2.62. The lowest BCUT2D eigenvalue weighted by Gasteiger charge is -2.47. The van der Waals surface area contributed by atoms with Gasteiger partial charge in [0.2, 0.25) is 0 Å². The molecule has 0 aliphatic heterocycles. The lowest BCUT2D eigenvalue weighted by molar-refractivity contribution is 0.847. The average molecular weight is 464 g/mol. The highest BCUT2D eigenvalue weighted by molar-refractivity contribution is 7.14. The Balaban J connectivity index is 2.28. The summed E-state index contributed by atoms with van der Waals surface area (Å²) in [5.74, 6) is 0. The minimum Gasteiger partial charge on any atom is -0.0624 e. The van der Waals surface area contributed by atoms with Gasteiger partial charge < -0.3 is 0 Å². The van der Waals surface area contributed by atoms with E-state index in [1.165, 1.54) is 54.5 Å². The van der Waals surface area contributed by atoms with Gasteiger partial charge in [0.05, 0.1) is 0 Å². The Morgan fingerprint density at radius 1 is 0.735 bits per heavy atom. The number of allylic oxidation sites excluding steroid dienone is 4. The molecule has 0 fully saturated rings. The Kier molecular flexibility index (Phi) is 6.62. The van der Waals surface area contributed by atoms with Crippen molar-refractivity contribution in [2.24, 2.45) is 0 Å². The summed E-state index contributed by atoms with van der Waals surface area (Å²) in [6.07, 6.45) is 6.20. The molecule has 3 aromatic rings. The lowest BCUT2D eigenvalue weighted by Crippen LogP contribution is -2.73. The molecule has 0 saturated carbocycles. The first-order valence-electron chi connectivity index (χ1n) is 12.8. The molecule has 1 aliphatic rings. The molecular formula is C33H39Si. The van der Waals surface area contributed by atoms with E-state index in [1.54, 1.807) is 0 Å². The second-order valence-corrected chi connectivity index (χ2v) is 14.4. The Bertz CT molecular complexity index is 1250. The highest BCUT2D eigenvalue weighted by Crippen LogP contribution is 2.52. The van der Waals surface area contributed by atoms with Gasteiger partial charge in [0.1, 0.15) is 0 Å². The molecule has 34 heavy (non-hydrogen) atoms. The molecular weight excluding hydrogens is 424 g/mol. The van der Waals surface area contributed by atoms with Crippen LogP contribution in [0.25, 0.3) is 0 Å². The van der Waals surface area contributed by atoms with E-state index < -0.39 is 8.07 Å². The van der Waals surface area contributed by atoms with Crippen LogP contribution in [0, 0.1) is 19.9 Å². The molecule has 0 nitrogen and oxygen atoms in total. The van der Waals surface area contributed by atoms with Gasteiger partial charge in [-0.1, -0.05) is 93.1 Å². The molecule has 0 saturated heterocycles. The zero-order valence-electron chi connectivity index (χ0n) is 22.3. The molecule has 0 bridgehead atoms. The van der Waals surface area contributed by atoms with E-state index in [-0.39, 0.29) is 5.04 Å². The molecule has 4 rings (SSSR count). The van der Waals surface area contributed by atoms with Crippen molar-refractivity contribution >= 4 is 23.6 Å². The van der Waals surface area contributed by atoms with Crippen LogP contribution < -0.4 is 15.6 Å². The highest BCUT2D eigenvalue weighted by Gasteiger charge is 2.57. The summed E-state index contributed by atoms with van der Waals surface area (Å²) in [5.41, 5.74) is 9.86. The Morgan fingerprint density at radius 3 is 1.88 bits per heavy atom. The fourth-order valence-electron chi connectivity index (χ4n) is 6.15. The third-order valence-corrected chi connectivity index (χ3v) is 14.3. The van der Waals surface area contributed by atoms with Gasteiger partial charge in [-0.15, -0.1) is 0 Å². The van der Waals surface area contributed by atoms with Crippen molar-refractivity contribution in [3.05, 3.63) is 112 Å². The highest BCUT2D eigenvalue weighted by atomic mass is 28.3. The van der Waals surface area contributed by atoms with Gasteiger partial charge in [0.15, 0.2) is 8.07 Å². The second-order valence-electron chi connectivity index (χ2n) is 10.2. The third kappa shape index (κ3) is 3.57. The summed E-state index contributed by atoms with van der Waals surface area (Å²) in [5, 5.41) is 4.32. The largest absolute Gasteiger partial charge is 0.162 e. The van der Waals surface area contributed by atoms with Crippen molar-refractivity contribution in [1.29, 1.82) is 0 Å². The van der Waals surface area contributed by atoms with Crippen molar-refractivity contribution in [1.82, 2.24) is 0 Å². The van der Waals surface area contributed by atoms with E-state index in [0.29, 0.717) is 0 Å². The fraction of sp³-hybridized carbons (Fsp3) is 0.333. The molecule has 1 aliphatic carbocycles. The summed E-state index contributed by atoms with van der Waals surface area (Å²) in [6, 6.07) is 25.8. The predicted molar refractivity (Wildman–Crippen MR) is 151 cm³/mol. The van der Waals surface area contributed by atoms with Crippen LogP contribution in [0.2, 0.25) is 5.04 Å². The number of hydrogen-bond acceptors (Lipinski definition) is 0. The van der Waals surface area contributed by atoms with Crippen LogP contribution in [-0.4, -0.2) is 8.07 Å². The molecule has 1 heteroatoms. The minimum absolute atomic E-state index is 0.182. The van der Waals surface area contributed by atoms with Gasteiger partial charge in [-0.25, -0.2) is 0 Å². The van der Waals surface area contributed by atoms with Crippen molar-refractivity contribution in [3.63, 3.8) is 0 Å². The lowest BCUT2D eigenvalue weighted by atomic mass is 10.0. The Labute approximate surface area is 208 Å². The Morgan fingerprint density at radius 2 is 1.35 bits per heavy atom. The first kappa shape index (κ1) is 24.5. The number of rotatable bonds is 6. The normalized spacial score (nSPS) is 19.8. The second kappa shape index (κ2) is 9.19. The van der Waals surface area contributed by atoms with Crippen LogP contribution in [0.1, 0.15) is 63.8 Å². The van der Waals surface area contributed by atoms with Gasteiger partial charge in [-0.2, -0.15) is 0 Å². The molecule has 175 valence electrons. The predicted octanol–water partition coefficient (Wildman–Crippen LogP) is 6.76. The molecule has 0 heterocycles. The van der Waals surface area contributed by atoms with Gasteiger partial charge in [0.25, 0.3) is 0 Å². The van der Waals surface area contributed by atoms with Crippen molar-refractivity contribution in [2.45, 2.75) is 73.3 Å². The zero-order chi connectivity index (χ0) is 24.7. The van der Waals surface area contributed by atoms with Crippen LogP contribution in [0.15, 0.2) is 83.4 Å². The van der Waals surface area contributed by atoms with Crippen LogP contribution >= 0.6 is 0 Å². The summed E-state index contributed by atoms with van der Waals surface area (Å²) in [6.45, 7) is 18.5. The molecule has 3 aromatic carbocycles. The van der Waals surface area contributed by atoms with E-state index in [4.69, 9.17) is 0 Å². The van der Waals surface area contributed by atoms with Gasteiger partial charge in [-0.05, 0) is 102 Å². The maximum atomic E-state index is 4.09. The maximum Gasteiger partial charge on any atom is 0.162 e. The summed E-state index contributed by atoms with van der Waals surface area (Å²) >= 11 is 0. The zero-order valence-corrected chi connectivity index (χ0v) is 23.3. The molecule has 2 unspecified atom stereocenters. The van der Waals surface area contributed by atoms with Crippen LogP contribution in [-0.2, 0) is 12.8 Å². The topological polar surface area (TPSA) is 0 Å².